The summed E-state index contributed by atoms with van der Waals surface area (Å²) in [5, 5.41) is 2.50. The molecule has 0 bridgehead atoms. The van der Waals surface area contributed by atoms with Gasteiger partial charge in [-0.1, -0.05) is 48.0 Å². The normalized spacial score (nSPS) is 10.3. The molecule has 0 aliphatic carbocycles. The average Bonchev–Trinajstić information content (AvgIpc) is 2.62. The molecule has 1 aromatic heterocycles. The Bertz CT molecular complexity index is 844. The van der Waals surface area contributed by atoms with Gasteiger partial charge in [-0.3, -0.25) is 4.98 Å². The topological polar surface area (TPSA) is 12.9 Å². The Balaban J connectivity index is 0.00000156. The second-order valence-electron chi connectivity index (χ2n) is 5.24. The van der Waals surface area contributed by atoms with Gasteiger partial charge < -0.3 is 0 Å². The van der Waals surface area contributed by atoms with Crippen LogP contribution >= 0.6 is 0 Å². The third-order valence-electron chi connectivity index (χ3n) is 3.90. The molecule has 1 nitrogen and oxygen atoms in total. The molecular formula is C21H14IrN-. The summed E-state index contributed by atoms with van der Waals surface area (Å²) in [5.41, 5.74) is 4.77. The van der Waals surface area contributed by atoms with Gasteiger partial charge >= 0.3 is 0 Å². The van der Waals surface area contributed by atoms with Gasteiger partial charge in [0.2, 0.25) is 0 Å². The number of nitrogens with zero attached hydrogens (tertiary/aromatic N) is 1. The molecule has 0 aliphatic rings. The molecule has 4 rings (SSSR count). The molecule has 0 saturated heterocycles. The van der Waals surface area contributed by atoms with E-state index >= 15 is 0 Å². The molecular weight excluding hydrogens is 458 g/mol. The molecule has 1 radical (unpaired) electrons. The van der Waals surface area contributed by atoms with E-state index in [2.05, 4.69) is 59.6 Å². The first-order valence-corrected chi connectivity index (χ1v) is 7.32. The third-order valence-corrected chi connectivity index (χ3v) is 3.90. The van der Waals surface area contributed by atoms with E-state index in [4.69, 9.17) is 0 Å². The Morgan fingerprint density at radius 2 is 1.48 bits per heavy atom. The minimum atomic E-state index is 0. The molecule has 3 aromatic carbocycles. The van der Waals surface area contributed by atoms with Crippen molar-refractivity contribution in [3.05, 3.63) is 91.3 Å². The zero-order chi connectivity index (χ0) is 14.8. The van der Waals surface area contributed by atoms with E-state index in [-0.39, 0.29) is 20.1 Å². The van der Waals surface area contributed by atoms with Crippen LogP contribution in [0, 0.1) is 6.07 Å². The van der Waals surface area contributed by atoms with Crippen LogP contribution in [0.5, 0.6) is 0 Å². The van der Waals surface area contributed by atoms with Gasteiger partial charge in [-0.15, -0.1) is 5.56 Å². The molecule has 0 N–H and O–H groups in total. The molecule has 2 heteroatoms. The molecule has 0 fully saturated rings. The molecule has 4 aromatic rings. The molecule has 0 unspecified atom stereocenters. The number of rotatable bonds is 2. The predicted molar refractivity (Wildman–Crippen MR) is 91.5 cm³/mol. The first-order chi connectivity index (χ1) is 10.9. The van der Waals surface area contributed by atoms with Crippen molar-refractivity contribution in [3.8, 4) is 22.3 Å². The summed E-state index contributed by atoms with van der Waals surface area (Å²) < 4.78 is 0. The summed E-state index contributed by atoms with van der Waals surface area (Å²) >= 11 is 0. The van der Waals surface area contributed by atoms with Crippen LogP contribution in [0.4, 0.5) is 0 Å². The van der Waals surface area contributed by atoms with Crippen LogP contribution in [-0.2, 0) is 20.1 Å². The molecule has 0 saturated carbocycles. The largest absolute Gasteiger partial charge is 0.264 e. The van der Waals surface area contributed by atoms with E-state index in [1.165, 1.54) is 27.5 Å². The number of fused-ring (bicyclic) bond motifs is 1. The van der Waals surface area contributed by atoms with Crippen LogP contribution < -0.4 is 0 Å². The molecule has 1 heterocycles. The number of pyridine rings is 1. The van der Waals surface area contributed by atoms with Gasteiger partial charge in [-0.25, -0.2) is 0 Å². The zero-order valence-corrected chi connectivity index (χ0v) is 14.8. The summed E-state index contributed by atoms with van der Waals surface area (Å²) in [6.07, 6.45) is 3.73. The Morgan fingerprint density at radius 3 is 2.13 bits per heavy atom. The van der Waals surface area contributed by atoms with Gasteiger partial charge in [0.05, 0.1) is 0 Å². The minimum Gasteiger partial charge on any atom is -0.264 e. The quantitative estimate of drug-likeness (QED) is 0.358. The molecule has 113 valence electrons. The second kappa shape index (κ2) is 6.87. The predicted octanol–water partition coefficient (Wildman–Crippen LogP) is 5.37. The van der Waals surface area contributed by atoms with Gasteiger partial charge in [0.15, 0.2) is 0 Å². The summed E-state index contributed by atoms with van der Waals surface area (Å²) in [6.45, 7) is 0. The fourth-order valence-corrected chi connectivity index (χ4v) is 2.91. The first-order valence-electron chi connectivity index (χ1n) is 7.32. The zero-order valence-electron chi connectivity index (χ0n) is 12.4. The van der Waals surface area contributed by atoms with Crippen LogP contribution in [0.1, 0.15) is 0 Å². The Hall–Kier alpha value is -2.28. The van der Waals surface area contributed by atoms with E-state index in [9.17, 15) is 0 Å². The first kappa shape index (κ1) is 15.6. The smallest absolute Gasteiger partial charge is 0.0346 e. The van der Waals surface area contributed by atoms with Gasteiger partial charge in [-0.05, 0) is 22.4 Å². The van der Waals surface area contributed by atoms with E-state index in [0.717, 1.165) is 5.56 Å². The number of hydrogen-bond acceptors (Lipinski definition) is 1. The van der Waals surface area contributed by atoms with Crippen LogP contribution in [0.2, 0.25) is 0 Å². The van der Waals surface area contributed by atoms with E-state index in [1.54, 1.807) is 0 Å². The molecule has 0 amide bonds. The van der Waals surface area contributed by atoms with Crippen molar-refractivity contribution in [2.24, 2.45) is 0 Å². The molecule has 0 spiro atoms. The average molecular weight is 473 g/mol. The number of hydrogen-bond donors (Lipinski definition) is 0. The van der Waals surface area contributed by atoms with Crippen molar-refractivity contribution >= 4 is 10.8 Å². The monoisotopic (exact) mass is 473 g/mol. The van der Waals surface area contributed by atoms with Crippen molar-refractivity contribution in [3.63, 3.8) is 0 Å². The fraction of sp³-hybridized carbons (Fsp3) is 0. The minimum absolute atomic E-state index is 0. The van der Waals surface area contributed by atoms with Crippen molar-refractivity contribution in [1.82, 2.24) is 4.98 Å². The fourth-order valence-electron chi connectivity index (χ4n) is 2.91. The van der Waals surface area contributed by atoms with Gasteiger partial charge in [0.25, 0.3) is 0 Å². The summed E-state index contributed by atoms with van der Waals surface area (Å²) in [7, 11) is 0. The third kappa shape index (κ3) is 2.96. The standard InChI is InChI=1S/C21H14N.Ir/c1-2-7-16(8-3-1)19-12-4-9-17-10-5-13-20(21(17)19)18-11-6-14-22-15-18;/h1-2,4-15H;/q-1;. The van der Waals surface area contributed by atoms with E-state index < -0.39 is 0 Å². The summed E-state index contributed by atoms with van der Waals surface area (Å²) in [4.78, 5) is 4.26. The van der Waals surface area contributed by atoms with Crippen molar-refractivity contribution < 1.29 is 20.1 Å². The van der Waals surface area contributed by atoms with Crippen LogP contribution in [0.3, 0.4) is 0 Å². The maximum absolute atomic E-state index is 4.26. The molecule has 0 atom stereocenters. The Kier molecular flexibility index (Phi) is 4.66. The van der Waals surface area contributed by atoms with Gasteiger partial charge in [0, 0.05) is 38.1 Å². The SMILES string of the molecule is [Ir].[c-]1cccc(-c2cccc3cccc(-c4cccnc4)c23)c1. The van der Waals surface area contributed by atoms with Gasteiger partial charge in [-0.2, -0.15) is 30.3 Å². The molecule has 0 aliphatic heterocycles. The maximum atomic E-state index is 4.26. The van der Waals surface area contributed by atoms with Crippen LogP contribution in [-0.4, -0.2) is 4.98 Å². The maximum Gasteiger partial charge on any atom is 0.0346 e. The van der Waals surface area contributed by atoms with Crippen LogP contribution in [0.15, 0.2) is 85.2 Å². The number of benzene rings is 3. The van der Waals surface area contributed by atoms with Gasteiger partial charge in [0.1, 0.15) is 0 Å². The van der Waals surface area contributed by atoms with E-state index in [0.29, 0.717) is 0 Å². The second-order valence-corrected chi connectivity index (χ2v) is 5.24. The Labute approximate surface area is 149 Å². The summed E-state index contributed by atoms with van der Waals surface area (Å²) in [6, 6.07) is 28.2. The van der Waals surface area contributed by atoms with Crippen molar-refractivity contribution in [2.45, 2.75) is 0 Å². The van der Waals surface area contributed by atoms with Crippen molar-refractivity contribution in [1.29, 1.82) is 0 Å². The van der Waals surface area contributed by atoms with Crippen molar-refractivity contribution in [2.75, 3.05) is 0 Å². The summed E-state index contributed by atoms with van der Waals surface area (Å²) in [5.74, 6) is 0. The Morgan fingerprint density at radius 1 is 0.739 bits per heavy atom. The van der Waals surface area contributed by atoms with Crippen LogP contribution in [0.25, 0.3) is 33.0 Å². The number of aromatic nitrogens is 1. The molecule has 23 heavy (non-hydrogen) atoms. The van der Waals surface area contributed by atoms with E-state index in [1.807, 2.05) is 36.7 Å².